The Kier molecular flexibility index (Phi) is 3.10. The van der Waals surface area contributed by atoms with Crippen molar-refractivity contribution in [2.24, 2.45) is 0 Å². The lowest BCUT2D eigenvalue weighted by Crippen LogP contribution is -2.38. The molecule has 1 saturated heterocycles. The number of nitrogens with zero attached hydrogens (tertiary/aromatic N) is 1. The van der Waals surface area contributed by atoms with Crippen molar-refractivity contribution in [2.45, 2.75) is 25.9 Å². The van der Waals surface area contributed by atoms with Crippen molar-refractivity contribution >= 4 is 11.6 Å². The molecule has 4 nitrogen and oxygen atoms in total. The van der Waals surface area contributed by atoms with E-state index in [0.29, 0.717) is 6.42 Å². The maximum atomic E-state index is 11.3. The van der Waals surface area contributed by atoms with E-state index in [1.807, 2.05) is 37.2 Å². The van der Waals surface area contributed by atoms with Gasteiger partial charge in [-0.1, -0.05) is 18.2 Å². The molecule has 1 aliphatic heterocycles. The zero-order chi connectivity index (χ0) is 11.5. The number of amides is 1. The van der Waals surface area contributed by atoms with Crippen molar-refractivity contribution < 1.29 is 4.79 Å². The largest absolute Gasteiger partial charge is 0.316 e. The number of hydrogen-bond acceptors (Lipinski definition) is 3. The summed E-state index contributed by atoms with van der Waals surface area (Å²) in [6.45, 7) is 2.85. The number of carbonyl (C=O) groups is 1. The Bertz CT molecular complexity index is 392. The van der Waals surface area contributed by atoms with Crippen LogP contribution >= 0.6 is 0 Å². The van der Waals surface area contributed by atoms with Crippen molar-refractivity contribution in [3.8, 4) is 0 Å². The molecule has 0 radical (unpaired) electrons. The Morgan fingerprint density at radius 2 is 2.25 bits per heavy atom. The van der Waals surface area contributed by atoms with Gasteiger partial charge in [-0.25, -0.2) is 0 Å². The standard InChI is InChI=1S/C12H17N3O/c1-9-7-12(16)14-15(9)11-6-4-3-5-10(11)8-13-2/h3-6,9,13H,7-8H2,1-2H3,(H,14,16). The second kappa shape index (κ2) is 4.53. The van der Waals surface area contributed by atoms with Crippen LogP contribution in [0.2, 0.25) is 0 Å². The molecule has 0 saturated carbocycles. The van der Waals surface area contributed by atoms with Crippen LogP contribution in [-0.4, -0.2) is 19.0 Å². The second-order valence-corrected chi connectivity index (χ2v) is 4.12. The average Bonchev–Trinajstić information content (AvgIpc) is 2.59. The summed E-state index contributed by atoms with van der Waals surface area (Å²) < 4.78 is 0. The molecule has 1 unspecified atom stereocenters. The first-order valence-electron chi connectivity index (χ1n) is 5.53. The highest BCUT2D eigenvalue weighted by Gasteiger charge is 2.27. The minimum atomic E-state index is 0.0896. The SMILES string of the molecule is CNCc1ccccc1N1NC(=O)CC1C. The first-order valence-corrected chi connectivity index (χ1v) is 5.53. The van der Waals surface area contributed by atoms with Crippen LogP contribution < -0.4 is 15.8 Å². The van der Waals surface area contributed by atoms with Gasteiger partial charge in [0.2, 0.25) is 5.91 Å². The predicted molar refractivity (Wildman–Crippen MR) is 63.9 cm³/mol. The fraction of sp³-hybridized carbons (Fsp3) is 0.417. The smallest absolute Gasteiger partial charge is 0.240 e. The molecule has 1 aliphatic rings. The van der Waals surface area contributed by atoms with Gasteiger partial charge in [-0.15, -0.1) is 0 Å². The summed E-state index contributed by atoms with van der Waals surface area (Å²) in [5.41, 5.74) is 5.16. The lowest BCUT2D eigenvalue weighted by Gasteiger charge is -2.25. The molecule has 0 spiro atoms. The maximum absolute atomic E-state index is 11.3. The monoisotopic (exact) mass is 219 g/mol. The van der Waals surface area contributed by atoms with E-state index in [-0.39, 0.29) is 11.9 Å². The van der Waals surface area contributed by atoms with Crippen LogP contribution in [0.3, 0.4) is 0 Å². The summed E-state index contributed by atoms with van der Waals surface area (Å²) in [5.74, 6) is 0.0896. The van der Waals surface area contributed by atoms with Crippen molar-refractivity contribution in [3.63, 3.8) is 0 Å². The molecule has 0 aliphatic carbocycles. The molecule has 1 atom stereocenters. The Hall–Kier alpha value is -1.55. The van der Waals surface area contributed by atoms with Crippen LogP contribution in [-0.2, 0) is 11.3 Å². The van der Waals surface area contributed by atoms with Crippen molar-refractivity contribution in [1.82, 2.24) is 10.7 Å². The lowest BCUT2D eigenvalue weighted by molar-refractivity contribution is -0.119. The molecule has 86 valence electrons. The molecule has 1 fully saturated rings. The van der Waals surface area contributed by atoms with E-state index in [1.54, 1.807) is 0 Å². The van der Waals surface area contributed by atoms with Crippen molar-refractivity contribution in [2.75, 3.05) is 12.1 Å². The fourth-order valence-corrected chi connectivity index (χ4v) is 2.03. The highest BCUT2D eigenvalue weighted by molar-refractivity contribution is 5.82. The van der Waals surface area contributed by atoms with Crippen molar-refractivity contribution in [1.29, 1.82) is 0 Å². The minimum Gasteiger partial charge on any atom is -0.316 e. The number of anilines is 1. The van der Waals surface area contributed by atoms with E-state index in [2.05, 4.69) is 16.8 Å². The number of para-hydroxylation sites is 1. The number of hydrogen-bond donors (Lipinski definition) is 2. The number of carbonyl (C=O) groups excluding carboxylic acids is 1. The normalized spacial score (nSPS) is 20.0. The zero-order valence-electron chi connectivity index (χ0n) is 9.66. The van der Waals surface area contributed by atoms with Crippen molar-refractivity contribution in [3.05, 3.63) is 29.8 Å². The number of nitrogens with one attached hydrogen (secondary N) is 2. The third-order valence-electron chi connectivity index (χ3n) is 2.79. The van der Waals surface area contributed by atoms with E-state index in [1.165, 1.54) is 5.56 Å². The Morgan fingerprint density at radius 1 is 1.50 bits per heavy atom. The molecular formula is C12H17N3O. The average molecular weight is 219 g/mol. The van der Waals surface area contributed by atoms with Gasteiger partial charge in [-0.2, -0.15) is 0 Å². The number of hydrazine groups is 1. The van der Waals surface area contributed by atoms with E-state index in [4.69, 9.17) is 0 Å². The van der Waals surface area contributed by atoms with Gasteiger partial charge in [-0.3, -0.25) is 15.2 Å². The van der Waals surface area contributed by atoms with Crippen LogP contribution in [0.1, 0.15) is 18.9 Å². The third kappa shape index (κ3) is 2.02. The number of benzene rings is 1. The van der Waals surface area contributed by atoms with Gasteiger partial charge >= 0.3 is 0 Å². The molecule has 1 amide bonds. The first kappa shape index (κ1) is 11.0. The summed E-state index contributed by atoms with van der Waals surface area (Å²) >= 11 is 0. The quantitative estimate of drug-likeness (QED) is 0.798. The molecule has 1 aromatic rings. The van der Waals surface area contributed by atoms with Gasteiger partial charge in [0.1, 0.15) is 0 Å². The third-order valence-corrected chi connectivity index (χ3v) is 2.79. The fourth-order valence-electron chi connectivity index (χ4n) is 2.03. The molecule has 1 aromatic carbocycles. The van der Waals surface area contributed by atoms with Gasteiger partial charge in [0, 0.05) is 6.54 Å². The highest BCUT2D eigenvalue weighted by Crippen LogP contribution is 2.24. The Balaban J connectivity index is 2.28. The van der Waals surface area contributed by atoms with E-state index >= 15 is 0 Å². The lowest BCUT2D eigenvalue weighted by atomic mass is 10.1. The van der Waals surface area contributed by atoms with Crippen LogP contribution in [0.15, 0.2) is 24.3 Å². The van der Waals surface area contributed by atoms with Crippen LogP contribution in [0, 0.1) is 0 Å². The predicted octanol–water partition coefficient (Wildman–Crippen LogP) is 1.04. The Labute approximate surface area is 95.6 Å². The Morgan fingerprint density at radius 3 is 2.88 bits per heavy atom. The van der Waals surface area contributed by atoms with Gasteiger partial charge < -0.3 is 5.32 Å². The van der Waals surface area contributed by atoms with E-state index in [0.717, 1.165) is 12.2 Å². The van der Waals surface area contributed by atoms with Gasteiger partial charge in [0.25, 0.3) is 0 Å². The maximum Gasteiger partial charge on any atom is 0.240 e. The molecule has 4 heteroatoms. The van der Waals surface area contributed by atoms with Crippen LogP contribution in [0.25, 0.3) is 0 Å². The van der Waals surface area contributed by atoms with Gasteiger partial charge in [-0.05, 0) is 25.6 Å². The summed E-state index contributed by atoms with van der Waals surface area (Å²) in [7, 11) is 1.92. The number of rotatable bonds is 3. The minimum absolute atomic E-state index is 0.0896. The topological polar surface area (TPSA) is 44.4 Å². The zero-order valence-corrected chi connectivity index (χ0v) is 9.66. The van der Waals surface area contributed by atoms with Gasteiger partial charge in [0.05, 0.1) is 18.2 Å². The van der Waals surface area contributed by atoms with E-state index < -0.39 is 0 Å². The molecule has 0 aromatic heterocycles. The molecule has 2 N–H and O–H groups in total. The molecule has 2 rings (SSSR count). The van der Waals surface area contributed by atoms with Gasteiger partial charge in [0.15, 0.2) is 0 Å². The molecule has 0 bridgehead atoms. The second-order valence-electron chi connectivity index (χ2n) is 4.12. The van der Waals surface area contributed by atoms with Crippen LogP contribution in [0.5, 0.6) is 0 Å². The first-order chi connectivity index (χ1) is 7.72. The summed E-state index contributed by atoms with van der Waals surface area (Å²) in [4.78, 5) is 11.3. The summed E-state index contributed by atoms with van der Waals surface area (Å²) in [6, 6.07) is 8.33. The van der Waals surface area contributed by atoms with E-state index in [9.17, 15) is 4.79 Å². The molecule has 1 heterocycles. The molecule has 16 heavy (non-hydrogen) atoms. The molecular weight excluding hydrogens is 202 g/mol. The highest BCUT2D eigenvalue weighted by atomic mass is 16.2. The summed E-state index contributed by atoms with van der Waals surface area (Å²) in [6.07, 6.45) is 0.563. The van der Waals surface area contributed by atoms with Crippen LogP contribution in [0.4, 0.5) is 5.69 Å². The summed E-state index contributed by atoms with van der Waals surface area (Å²) in [5, 5.41) is 5.09.